The van der Waals surface area contributed by atoms with Gasteiger partial charge in [0.15, 0.2) is 0 Å². The topological polar surface area (TPSA) is 41.1 Å². The van der Waals surface area contributed by atoms with Gasteiger partial charge in [0.25, 0.3) is 5.91 Å². The fraction of sp³-hybridized carbons (Fsp3) is 0.500. The number of aryl methyl sites for hydroxylation is 1. The van der Waals surface area contributed by atoms with Crippen LogP contribution in [-0.2, 0) is 0 Å². The smallest absolute Gasteiger partial charge is 0.254 e. The molecule has 1 aliphatic heterocycles. The Labute approximate surface area is 107 Å². The molecule has 3 nitrogen and oxygen atoms in total. The minimum absolute atomic E-state index is 0.0752. The highest BCUT2D eigenvalue weighted by molar-refractivity contribution is 5.94. The summed E-state index contributed by atoms with van der Waals surface area (Å²) < 4.78 is 13.8. The Balaban J connectivity index is 2.09. The van der Waals surface area contributed by atoms with Gasteiger partial charge in [0.1, 0.15) is 5.82 Å². The molecule has 1 heterocycles. The molecule has 1 amide bonds. The zero-order valence-corrected chi connectivity index (χ0v) is 10.8. The van der Waals surface area contributed by atoms with E-state index in [1.165, 1.54) is 6.07 Å². The van der Waals surface area contributed by atoms with Gasteiger partial charge in [-0.1, -0.05) is 19.1 Å². The lowest BCUT2D eigenvalue weighted by Gasteiger charge is -2.30. The van der Waals surface area contributed by atoms with Crippen LogP contribution in [0.25, 0.3) is 0 Å². The molecule has 0 radical (unpaired) electrons. The van der Waals surface area contributed by atoms with E-state index < -0.39 is 5.82 Å². The summed E-state index contributed by atoms with van der Waals surface area (Å²) in [6.45, 7) is 5.50. The number of amides is 1. The van der Waals surface area contributed by atoms with E-state index in [0.29, 0.717) is 11.5 Å². The van der Waals surface area contributed by atoms with Crippen molar-refractivity contribution in [1.29, 1.82) is 0 Å². The molecule has 0 saturated carbocycles. The highest BCUT2D eigenvalue weighted by atomic mass is 19.1. The average Bonchev–Trinajstić information content (AvgIpc) is 2.35. The van der Waals surface area contributed by atoms with E-state index in [-0.39, 0.29) is 17.5 Å². The molecular weight excluding hydrogens is 231 g/mol. The summed E-state index contributed by atoms with van der Waals surface area (Å²) in [4.78, 5) is 12.1. The number of rotatable bonds is 2. The van der Waals surface area contributed by atoms with E-state index in [9.17, 15) is 9.18 Å². The van der Waals surface area contributed by atoms with Gasteiger partial charge in [-0.15, -0.1) is 0 Å². The molecule has 98 valence electrons. The molecule has 1 saturated heterocycles. The largest absolute Gasteiger partial charge is 0.348 e. The lowest BCUT2D eigenvalue weighted by molar-refractivity contribution is 0.0911. The van der Waals surface area contributed by atoms with Crippen LogP contribution in [0.4, 0.5) is 4.39 Å². The number of carbonyl (C=O) groups excluding carboxylic acids is 1. The Morgan fingerprint density at radius 3 is 3.00 bits per heavy atom. The third-order valence-corrected chi connectivity index (χ3v) is 3.58. The molecule has 1 aromatic carbocycles. The summed E-state index contributed by atoms with van der Waals surface area (Å²) in [5, 5.41) is 6.15. The molecule has 1 aliphatic rings. The van der Waals surface area contributed by atoms with Gasteiger partial charge in [0.2, 0.25) is 0 Å². The van der Waals surface area contributed by atoms with E-state index in [4.69, 9.17) is 0 Å². The van der Waals surface area contributed by atoms with E-state index in [2.05, 4.69) is 17.6 Å². The van der Waals surface area contributed by atoms with Crippen LogP contribution in [0, 0.1) is 18.7 Å². The van der Waals surface area contributed by atoms with Crippen LogP contribution in [0.3, 0.4) is 0 Å². The fourth-order valence-electron chi connectivity index (χ4n) is 2.25. The van der Waals surface area contributed by atoms with Crippen LogP contribution in [0.5, 0.6) is 0 Å². The minimum Gasteiger partial charge on any atom is -0.348 e. The molecule has 4 heteroatoms. The Morgan fingerprint density at radius 1 is 1.50 bits per heavy atom. The average molecular weight is 250 g/mol. The third-order valence-electron chi connectivity index (χ3n) is 3.58. The summed E-state index contributed by atoms with van der Waals surface area (Å²) >= 11 is 0. The molecule has 2 rings (SSSR count). The van der Waals surface area contributed by atoms with Crippen molar-refractivity contribution in [3.05, 3.63) is 35.1 Å². The van der Waals surface area contributed by atoms with Crippen LogP contribution in [-0.4, -0.2) is 25.0 Å². The highest BCUT2D eigenvalue weighted by Crippen LogP contribution is 2.15. The number of hydrogen-bond acceptors (Lipinski definition) is 2. The molecule has 0 spiro atoms. The lowest BCUT2D eigenvalue weighted by Crippen LogP contribution is -2.50. The summed E-state index contributed by atoms with van der Waals surface area (Å²) in [5.41, 5.74) is 0.630. The predicted octanol–water partition coefficient (Wildman–Crippen LogP) is 1.86. The van der Waals surface area contributed by atoms with Crippen LogP contribution < -0.4 is 10.6 Å². The van der Waals surface area contributed by atoms with E-state index in [1.54, 1.807) is 19.1 Å². The van der Waals surface area contributed by atoms with Gasteiger partial charge >= 0.3 is 0 Å². The van der Waals surface area contributed by atoms with Gasteiger partial charge in [-0.3, -0.25) is 4.79 Å². The zero-order chi connectivity index (χ0) is 13.1. The summed E-state index contributed by atoms with van der Waals surface area (Å²) in [6, 6.07) is 4.97. The van der Waals surface area contributed by atoms with E-state index in [1.807, 2.05) is 0 Å². The van der Waals surface area contributed by atoms with Gasteiger partial charge in [-0.05, 0) is 37.4 Å². The second kappa shape index (κ2) is 5.48. The van der Waals surface area contributed by atoms with Crippen molar-refractivity contribution >= 4 is 5.91 Å². The number of nitrogens with one attached hydrogen (secondary N) is 2. The van der Waals surface area contributed by atoms with Crippen molar-refractivity contribution < 1.29 is 9.18 Å². The standard InChI is InChI=1S/C14H19FN2O/c1-9-6-7-16-8-12(9)17-14(18)11-5-3-4-10(2)13(11)15/h3-5,9,12,16H,6-8H2,1-2H3,(H,17,18). The van der Waals surface area contributed by atoms with Crippen molar-refractivity contribution in [2.75, 3.05) is 13.1 Å². The number of hydrogen-bond donors (Lipinski definition) is 2. The van der Waals surface area contributed by atoms with Crippen LogP contribution in [0.1, 0.15) is 29.3 Å². The molecule has 2 atom stereocenters. The second-order valence-electron chi connectivity index (χ2n) is 4.99. The Hall–Kier alpha value is -1.42. The third kappa shape index (κ3) is 2.70. The Kier molecular flexibility index (Phi) is 3.97. The van der Waals surface area contributed by atoms with Crippen molar-refractivity contribution in [1.82, 2.24) is 10.6 Å². The monoisotopic (exact) mass is 250 g/mol. The maximum absolute atomic E-state index is 13.8. The fourth-order valence-corrected chi connectivity index (χ4v) is 2.25. The van der Waals surface area contributed by atoms with Gasteiger partial charge in [0, 0.05) is 12.6 Å². The number of benzene rings is 1. The van der Waals surface area contributed by atoms with Crippen molar-refractivity contribution in [2.45, 2.75) is 26.3 Å². The van der Waals surface area contributed by atoms with Crippen LogP contribution >= 0.6 is 0 Å². The molecule has 1 aromatic rings. The summed E-state index contributed by atoms with van der Waals surface area (Å²) in [6.07, 6.45) is 1.03. The normalized spacial score (nSPS) is 23.7. The van der Waals surface area contributed by atoms with Crippen LogP contribution in [0.15, 0.2) is 18.2 Å². The van der Waals surface area contributed by atoms with E-state index in [0.717, 1.165) is 19.5 Å². The summed E-state index contributed by atoms with van der Waals surface area (Å²) in [7, 11) is 0. The first-order valence-corrected chi connectivity index (χ1v) is 6.36. The SMILES string of the molecule is Cc1cccc(C(=O)NC2CNCCC2C)c1F. The molecule has 0 bridgehead atoms. The zero-order valence-electron chi connectivity index (χ0n) is 10.8. The number of piperidine rings is 1. The first-order chi connectivity index (χ1) is 8.59. The van der Waals surface area contributed by atoms with Crippen LogP contribution in [0.2, 0.25) is 0 Å². The van der Waals surface area contributed by atoms with Gasteiger partial charge in [-0.25, -0.2) is 4.39 Å². The molecule has 2 N–H and O–H groups in total. The predicted molar refractivity (Wildman–Crippen MR) is 69.0 cm³/mol. The molecule has 2 unspecified atom stereocenters. The van der Waals surface area contributed by atoms with Crippen molar-refractivity contribution in [3.63, 3.8) is 0 Å². The molecular formula is C14H19FN2O. The lowest BCUT2D eigenvalue weighted by atomic mass is 9.94. The van der Waals surface area contributed by atoms with Gasteiger partial charge < -0.3 is 10.6 Å². The van der Waals surface area contributed by atoms with Gasteiger partial charge in [0.05, 0.1) is 5.56 Å². The molecule has 0 aromatic heterocycles. The summed E-state index contributed by atoms with van der Waals surface area (Å²) in [5.74, 6) is -0.328. The number of halogens is 1. The Bertz CT molecular complexity index is 447. The van der Waals surface area contributed by atoms with E-state index >= 15 is 0 Å². The van der Waals surface area contributed by atoms with Crippen molar-refractivity contribution in [2.24, 2.45) is 5.92 Å². The minimum atomic E-state index is -0.425. The molecule has 18 heavy (non-hydrogen) atoms. The molecule has 0 aliphatic carbocycles. The first-order valence-electron chi connectivity index (χ1n) is 6.36. The highest BCUT2D eigenvalue weighted by Gasteiger charge is 2.24. The maximum Gasteiger partial charge on any atom is 0.254 e. The maximum atomic E-state index is 13.8. The van der Waals surface area contributed by atoms with Crippen molar-refractivity contribution in [3.8, 4) is 0 Å². The Morgan fingerprint density at radius 2 is 2.28 bits per heavy atom. The second-order valence-corrected chi connectivity index (χ2v) is 4.99. The van der Waals surface area contributed by atoms with Gasteiger partial charge in [-0.2, -0.15) is 0 Å². The molecule has 1 fully saturated rings. The number of carbonyl (C=O) groups is 1. The quantitative estimate of drug-likeness (QED) is 0.841. The first kappa shape index (κ1) is 13.0.